The molecule has 3 N–H and O–H groups in total. The van der Waals surface area contributed by atoms with Crippen molar-refractivity contribution in [3.05, 3.63) is 39.8 Å². The lowest BCUT2D eigenvalue weighted by atomic mass is 10.1. The quantitative estimate of drug-likeness (QED) is 0.787. The van der Waals surface area contributed by atoms with Gasteiger partial charge in [-0.05, 0) is 19.9 Å². The number of benzene rings is 1. The fraction of sp³-hybridized carbons (Fsp3) is 0.357. The zero-order chi connectivity index (χ0) is 13.8. The van der Waals surface area contributed by atoms with Gasteiger partial charge < -0.3 is 15.5 Å². The summed E-state index contributed by atoms with van der Waals surface area (Å²) in [7, 11) is 0. The van der Waals surface area contributed by atoms with Crippen LogP contribution in [-0.4, -0.2) is 21.7 Å². The highest BCUT2D eigenvalue weighted by Crippen LogP contribution is 2.27. The van der Waals surface area contributed by atoms with E-state index in [1.165, 1.54) is 6.07 Å². The highest BCUT2D eigenvalue weighted by atomic mass is 32.1. The lowest BCUT2D eigenvalue weighted by molar-refractivity contribution is 0.436. The summed E-state index contributed by atoms with van der Waals surface area (Å²) >= 11 is 1.67. The van der Waals surface area contributed by atoms with E-state index < -0.39 is 0 Å². The van der Waals surface area contributed by atoms with E-state index in [9.17, 15) is 10.2 Å². The molecule has 0 amide bonds. The van der Waals surface area contributed by atoms with Crippen LogP contribution >= 0.6 is 11.3 Å². The first-order valence-corrected chi connectivity index (χ1v) is 7.10. The minimum Gasteiger partial charge on any atom is -0.508 e. The van der Waals surface area contributed by atoms with E-state index in [0.29, 0.717) is 0 Å². The molecule has 0 bridgehead atoms. The first-order chi connectivity index (χ1) is 9.06. The van der Waals surface area contributed by atoms with Gasteiger partial charge in [0.05, 0.1) is 5.01 Å². The molecule has 4 nitrogen and oxygen atoms in total. The van der Waals surface area contributed by atoms with Crippen molar-refractivity contribution in [2.24, 2.45) is 0 Å². The van der Waals surface area contributed by atoms with E-state index in [1.54, 1.807) is 23.5 Å². The second kappa shape index (κ2) is 6.04. The summed E-state index contributed by atoms with van der Waals surface area (Å²) in [6, 6.07) is 4.70. The number of hydrogen-bond donors (Lipinski definition) is 3. The normalized spacial score (nSPS) is 12.5. The topological polar surface area (TPSA) is 65.4 Å². The van der Waals surface area contributed by atoms with Gasteiger partial charge in [-0.15, -0.1) is 11.3 Å². The van der Waals surface area contributed by atoms with Crippen LogP contribution in [0.15, 0.2) is 23.6 Å². The van der Waals surface area contributed by atoms with Crippen LogP contribution in [-0.2, 0) is 6.42 Å². The highest BCUT2D eigenvalue weighted by Gasteiger charge is 2.10. The molecule has 1 heterocycles. The fourth-order valence-corrected chi connectivity index (χ4v) is 2.70. The van der Waals surface area contributed by atoms with Crippen LogP contribution in [0, 0.1) is 6.92 Å². The van der Waals surface area contributed by atoms with Crippen molar-refractivity contribution in [2.45, 2.75) is 26.3 Å². The maximum Gasteiger partial charge on any atom is 0.124 e. The second-order valence-corrected chi connectivity index (χ2v) is 5.49. The van der Waals surface area contributed by atoms with Gasteiger partial charge in [-0.1, -0.05) is 6.07 Å². The molecule has 0 spiro atoms. The van der Waals surface area contributed by atoms with Crippen LogP contribution in [0.1, 0.15) is 29.2 Å². The van der Waals surface area contributed by atoms with E-state index in [1.807, 2.05) is 19.2 Å². The van der Waals surface area contributed by atoms with Gasteiger partial charge in [0, 0.05) is 41.7 Å². The van der Waals surface area contributed by atoms with E-state index in [4.69, 9.17) is 0 Å². The standard InChI is InChI=1S/C14H18N2O2S/c1-9-8-19-14(16-9)5-6-15-10(2)12-4-3-11(17)7-13(12)18/h3-4,7-8,10,15,17-18H,5-6H2,1-2H3. The molecule has 2 rings (SSSR count). The van der Waals surface area contributed by atoms with E-state index in [2.05, 4.69) is 10.3 Å². The Morgan fingerprint density at radius 3 is 2.79 bits per heavy atom. The summed E-state index contributed by atoms with van der Waals surface area (Å²) in [4.78, 5) is 4.41. The molecule has 0 radical (unpaired) electrons. The minimum absolute atomic E-state index is 0.0293. The number of phenolic OH excluding ortho intramolecular Hbond substituents is 2. The summed E-state index contributed by atoms with van der Waals surface area (Å²) in [5.74, 6) is 0.191. The Morgan fingerprint density at radius 2 is 2.16 bits per heavy atom. The number of phenols is 2. The number of aromatic hydroxyl groups is 2. The molecule has 0 aliphatic rings. The Hall–Kier alpha value is -1.59. The molecule has 0 saturated heterocycles. The Kier molecular flexibility index (Phi) is 4.39. The molecule has 1 unspecified atom stereocenters. The van der Waals surface area contributed by atoms with Crippen molar-refractivity contribution >= 4 is 11.3 Å². The van der Waals surface area contributed by atoms with Gasteiger partial charge in [-0.3, -0.25) is 0 Å². The number of aromatic nitrogens is 1. The smallest absolute Gasteiger partial charge is 0.124 e. The third-order valence-corrected chi connectivity index (χ3v) is 3.96. The molecule has 0 saturated carbocycles. The Morgan fingerprint density at radius 1 is 1.37 bits per heavy atom. The van der Waals surface area contributed by atoms with Crippen molar-refractivity contribution in [2.75, 3.05) is 6.54 Å². The third-order valence-electron chi connectivity index (χ3n) is 2.94. The second-order valence-electron chi connectivity index (χ2n) is 4.55. The van der Waals surface area contributed by atoms with Crippen LogP contribution in [0.3, 0.4) is 0 Å². The molecule has 5 heteroatoms. The van der Waals surface area contributed by atoms with E-state index in [-0.39, 0.29) is 17.5 Å². The monoisotopic (exact) mass is 278 g/mol. The first kappa shape index (κ1) is 13.8. The lowest BCUT2D eigenvalue weighted by Crippen LogP contribution is -2.21. The van der Waals surface area contributed by atoms with Gasteiger partial charge in [0.1, 0.15) is 11.5 Å². The van der Waals surface area contributed by atoms with Crippen LogP contribution in [0.2, 0.25) is 0 Å². The number of hydrogen-bond acceptors (Lipinski definition) is 5. The molecule has 0 fully saturated rings. The van der Waals surface area contributed by atoms with Gasteiger partial charge in [-0.2, -0.15) is 0 Å². The molecule has 102 valence electrons. The van der Waals surface area contributed by atoms with E-state index >= 15 is 0 Å². The molecule has 0 aliphatic carbocycles. The first-order valence-electron chi connectivity index (χ1n) is 6.22. The molecule has 0 aliphatic heterocycles. The maximum atomic E-state index is 9.77. The Balaban J connectivity index is 1.88. The van der Waals surface area contributed by atoms with Gasteiger partial charge in [0.2, 0.25) is 0 Å². The zero-order valence-electron chi connectivity index (χ0n) is 11.1. The maximum absolute atomic E-state index is 9.77. The van der Waals surface area contributed by atoms with Gasteiger partial charge in [0.25, 0.3) is 0 Å². The van der Waals surface area contributed by atoms with Crippen LogP contribution in [0.25, 0.3) is 0 Å². The van der Waals surface area contributed by atoms with Crippen molar-refractivity contribution in [3.63, 3.8) is 0 Å². The number of rotatable bonds is 5. The lowest BCUT2D eigenvalue weighted by Gasteiger charge is -2.15. The molecular formula is C14H18N2O2S. The molecule has 2 aromatic rings. The SMILES string of the molecule is Cc1csc(CCNC(C)c2ccc(O)cc2O)n1. The predicted molar refractivity (Wildman–Crippen MR) is 76.7 cm³/mol. The third kappa shape index (κ3) is 3.68. The summed E-state index contributed by atoms with van der Waals surface area (Å²) in [5.41, 5.74) is 1.84. The Labute approximate surface area is 116 Å². The van der Waals surface area contributed by atoms with E-state index in [0.717, 1.165) is 29.2 Å². The zero-order valence-corrected chi connectivity index (χ0v) is 11.9. The minimum atomic E-state index is 0.0293. The van der Waals surface area contributed by atoms with Crippen molar-refractivity contribution in [1.82, 2.24) is 10.3 Å². The molecular weight excluding hydrogens is 260 g/mol. The van der Waals surface area contributed by atoms with Gasteiger partial charge in [0.15, 0.2) is 0 Å². The van der Waals surface area contributed by atoms with Crippen molar-refractivity contribution in [3.8, 4) is 11.5 Å². The van der Waals surface area contributed by atoms with Gasteiger partial charge >= 0.3 is 0 Å². The number of thiazole rings is 1. The number of nitrogens with one attached hydrogen (secondary N) is 1. The molecule has 1 aromatic heterocycles. The summed E-state index contributed by atoms with van der Waals surface area (Å²) in [5, 5.41) is 25.5. The van der Waals surface area contributed by atoms with Crippen LogP contribution in [0.4, 0.5) is 0 Å². The highest BCUT2D eigenvalue weighted by molar-refractivity contribution is 7.09. The molecule has 1 atom stereocenters. The summed E-state index contributed by atoms with van der Waals surface area (Å²) in [6.07, 6.45) is 0.877. The average molecular weight is 278 g/mol. The van der Waals surface area contributed by atoms with Crippen molar-refractivity contribution in [1.29, 1.82) is 0 Å². The number of nitrogens with zero attached hydrogens (tertiary/aromatic N) is 1. The molecule has 19 heavy (non-hydrogen) atoms. The van der Waals surface area contributed by atoms with Crippen molar-refractivity contribution < 1.29 is 10.2 Å². The molecule has 1 aromatic carbocycles. The largest absolute Gasteiger partial charge is 0.508 e. The Bertz CT molecular complexity index is 554. The fourth-order valence-electron chi connectivity index (χ4n) is 1.92. The van der Waals surface area contributed by atoms with Gasteiger partial charge in [-0.25, -0.2) is 4.98 Å². The summed E-state index contributed by atoms with van der Waals surface area (Å²) in [6.45, 7) is 4.78. The van der Waals surface area contributed by atoms with Crippen LogP contribution in [0.5, 0.6) is 11.5 Å². The summed E-state index contributed by atoms with van der Waals surface area (Å²) < 4.78 is 0. The van der Waals surface area contributed by atoms with Crippen LogP contribution < -0.4 is 5.32 Å². The number of aryl methyl sites for hydroxylation is 1. The average Bonchev–Trinajstić information content (AvgIpc) is 2.75. The predicted octanol–water partition coefficient (Wildman–Crippen LogP) is 2.76.